The molecule has 4 aromatic heterocycles. The number of fused-ring (bicyclic) bond motifs is 2. The Hall–Kier alpha value is -5.21. The molecule has 4 fully saturated rings. The summed E-state index contributed by atoms with van der Waals surface area (Å²) < 4.78 is 55.5. The molecule has 2 saturated heterocycles. The van der Waals surface area contributed by atoms with Gasteiger partial charge in [0.1, 0.15) is 17.5 Å². The van der Waals surface area contributed by atoms with Gasteiger partial charge in [-0.25, -0.2) is 9.97 Å². The van der Waals surface area contributed by atoms with E-state index in [0.29, 0.717) is 24.7 Å². The molecule has 2 saturated carbocycles. The summed E-state index contributed by atoms with van der Waals surface area (Å²) in [5, 5.41) is 19.3. The maximum Gasteiger partial charge on any atom is 0.389 e. The number of aliphatic hydroxyl groups excluding tert-OH is 1. The van der Waals surface area contributed by atoms with E-state index in [-0.39, 0.29) is 49.0 Å². The van der Waals surface area contributed by atoms with E-state index in [1.807, 2.05) is 19.3 Å². The number of rotatable bonds is 22. The summed E-state index contributed by atoms with van der Waals surface area (Å²) in [5.74, 6) is 1.14. The predicted octanol–water partition coefficient (Wildman–Crippen LogP) is 11.2. The lowest BCUT2D eigenvalue weighted by molar-refractivity contribution is -0.135. The van der Waals surface area contributed by atoms with E-state index < -0.39 is 12.6 Å². The molecule has 428 valence electrons. The summed E-state index contributed by atoms with van der Waals surface area (Å²) in [7, 11) is 6.10. The molecule has 2 aromatic carbocycles. The lowest BCUT2D eigenvalue weighted by Crippen LogP contribution is -2.53. The molecule has 0 bridgehead atoms. The van der Waals surface area contributed by atoms with Crippen LogP contribution in [-0.4, -0.2) is 164 Å². The number of hydrogen-bond donors (Lipinski definition) is 3. The maximum atomic E-state index is 12.8. The molecule has 18 heteroatoms. The third-order valence-electron chi connectivity index (χ3n) is 17.3. The first-order valence-corrected chi connectivity index (χ1v) is 29.4. The van der Waals surface area contributed by atoms with Crippen LogP contribution in [0.2, 0.25) is 0 Å². The van der Waals surface area contributed by atoms with Crippen LogP contribution < -0.4 is 10.6 Å². The molecule has 3 atom stereocenters. The molecular weight excluding hydrogens is 1010 g/mol. The minimum absolute atomic E-state index is 0.00983. The van der Waals surface area contributed by atoms with Gasteiger partial charge in [0.25, 0.3) is 0 Å². The van der Waals surface area contributed by atoms with Crippen molar-refractivity contribution in [3.63, 3.8) is 0 Å². The fourth-order valence-corrected chi connectivity index (χ4v) is 12.4. The normalized spacial score (nSPS) is 23.1. The van der Waals surface area contributed by atoms with E-state index >= 15 is 0 Å². The van der Waals surface area contributed by atoms with Crippen LogP contribution in [0.4, 0.5) is 25.1 Å². The Morgan fingerprint density at radius 3 is 1.68 bits per heavy atom. The summed E-state index contributed by atoms with van der Waals surface area (Å²) in [4.78, 5) is 29.6. The van der Waals surface area contributed by atoms with Crippen LogP contribution in [0.25, 0.3) is 44.3 Å². The van der Waals surface area contributed by atoms with Crippen LogP contribution in [0.1, 0.15) is 127 Å². The van der Waals surface area contributed by atoms with Gasteiger partial charge in [-0.05, 0) is 127 Å². The van der Waals surface area contributed by atoms with Gasteiger partial charge in [0.2, 0.25) is 11.9 Å². The summed E-state index contributed by atoms with van der Waals surface area (Å²) in [6.45, 7) is 13.7. The van der Waals surface area contributed by atoms with Crippen LogP contribution in [-0.2, 0) is 22.6 Å². The summed E-state index contributed by atoms with van der Waals surface area (Å²) in [6, 6.07) is 18.6. The first kappa shape index (κ1) is 57.0. The third-order valence-corrected chi connectivity index (χ3v) is 17.3. The Labute approximate surface area is 465 Å². The number of unbranched alkanes of at least 4 members (excludes halogenated alkanes) is 1. The van der Waals surface area contributed by atoms with Crippen molar-refractivity contribution >= 4 is 34.0 Å². The number of alkyl halides is 3. The van der Waals surface area contributed by atoms with Gasteiger partial charge in [-0.3, -0.25) is 14.7 Å². The quantitative estimate of drug-likeness (QED) is 0.0557. The van der Waals surface area contributed by atoms with Crippen LogP contribution in [0, 0.1) is 0 Å². The van der Waals surface area contributed by atoms with Crippen molar-refractivity contribution in [3.05, 3.63) is 84.4 Å². The maximum absolute atomic E-state index is 12.8. The second kappa shape index (κ2) is 26.1. The Bertz CT molecular complexity index is 2870. The Morgan fingerprint density at radius 1 is 0.646 bits per heavy atom. The summed E-state index contributed by atoms with van der Waals surface area (Å²) >= 11 is 0. The number of benzene rings is 2. The molecule has 0 amide bonds. The highest BCUT2D eigenvalue weighted by Gasteiger charge is 2.32. The van der Waals surface area contributed by atoms with Gasteiger partial charge < -0.3 is 39.2 Å². The van der Waals surface area contributed by atoms with Crippen molar-refractivity contribution < 1.29 is 27.8 Å². The number of aromatic nitrogens is 6. The average molecular weight is 1090 g/mol. The minimum atomic E-state index is -4.13. The van der Waals surface area contributed by atoms with Gasteiger partial charge >= 0.3 is 6.18 Å². The molecule has 4 aliphatic rings. The zero-order valence-corrected chi connectivity index (χ0v) is 47.3. The number of ether oxygens (including phenoxy) is 2. The zero-order chi connectivity index (χ0) is 55.0. The van der Waals surface area contributed by atoms with E-state index in [1.165, 1.54) is 11.1 Å². The molecule has 0 spiro atoms. The Balaban J connectivity index is 0.783. The fourth-order valence-electron chi connectivity index (χ4n) is 12.4. The van der Waals surface area contributed by atoms with Gasteiger partial charge in [0.05, 0.1) is 12.2 Å². The van der Waals surface area contributed by atoms with Gasteiger partial charge in [0.15, 0.2) is 0 Å². The van der Waals surface area contributed by atoms with Gasteiger partial charge in [-0.15, -0.1) is 0 Å². The molecule has 2 aliphatic carbocycles. The number of halogens is 3. The third kappa shape index (κ3) is 14.8. The number of likely N-dealkylation sites (N-methyl/N-ethyl adjacent to an activating group) is 2. The molecule has 79 heavy (non-hydrogen) atoms. The van der Waals surface area contributed by atoms with E-state index in [9.17, 15) is 18.3 Å². The molecule has 2 aliphatic heterocycles. The summed E-state index contributed by atoms with van der Waals surface area (Å²) in [6.07, 6.45) is 13.8. The number of aliphatic hydroxyl groups is 1. The Morgan fingerprint density at radius 2 is 1.15 bits per heavy atom. The van der Waals surface area contributed by atoms with Crippen molar-refractivity contribution in [1.82, 2.24) is 48.7 Å². The van der Waals surface area contributed by atoms with Gasteiger partial charge in [-0.1, -0.05) is 55.0 Å². The molecule has 0 radical (unpaired) electrons. The molecule has 10 rings (SSSR count). The first-order valence-electron chi connectivity index (χ1n) is 29.4. The van der Waals surface area contributed by atoms with Crippen LogP contribution >= 0.6 is 0 Å². The zero-order valence-electron chi connectivity index (χ0n) is 47.3. The van der Waals surface area contributed by atoms with Crippen molar-refractivity contribution in [1.29, 1.82) is 0 Å². The average Bonchev–Trinajstić information content (AvgIpc) is 4.21. The lowest BCUT2D eigenvalue weighted by atomic mass is 9.92. The highest BCUT2D eigenvalue weighted by atomic mass is 19.4. The van der Waals surface area contributed by atoms with E-state index in [0.717, 1.165) is 174 Å². The second-order valence-corrected chi connectivity index (χ2v) is 23.5. The number of anilines is 2. The van der Waals surface area contributed by atoms with Crippen LogP contribution in [0.15, 0.2) is 73.3 Å². The minimum Gasteiger partial charge on any atom is -0.393 e. The SMILES string of the molecule is COCCC[C@H](C)Nc1ncc2c(-c3ccc(CN4CCN(C)C(OC5CCC(n6cc(-c7ccc(CN8CCN(C)CC8)cc7)c7cnc(N[C@H](C)CCCCC(F)(F)F)nc76)CC5)C4)cc3)cn(C3CCC(O)CC3)c2n1. The number of nitrogens with zero attached hydrogens (tertiary/aromatic N) is 10. The number of piperazine rings is 2. The Kier molecular flexibility index (Phi) is 18.9. The second-order valence-electron chi connectivity index (χ2n) is 23.5. The van der Waals surface area contributed by atoms with E-state index in [1.54, 1.807) is 7.11 Å². The van der Waals surface area contributed by atoms with E-state index in [4.69, 9.17) is 29.4 Å². The number of hydrogen-bond acceptors (Lipinski definition) is 13. The smallest absolute Gasteiger partial charge is 0.389 e. The number of methoxy groups -OCH3 is 1. The molecule has 6 aromatic rings. The molecule has 6 heterocycles. The molecule has 15 nitrogen and oxygen atoms in total. The molecule has 1 unspecified atom stereocenters. The van der Waals surface area contributed by atoms with Gasteiger partial charge in [-0.2, -0.15) is 23.1 Å². The largest absolute Gasteiger partial charge is 0.393 e. The predicted molar refractivity (Wildman–Crippen MR) is 308 cm³/mol. The first-order chi connectivity index (χ1) is 38.2. The lowest BCUT2D eigenvalue weighted by Gasteiger charge is -2.42. The topological polar surface area (TPSA) is 137 Å². The van der Waals surface area contributed by atoms with Crippen molar-refractivity contribution in [2.24, 2.45) is 0 Å². The fraction of sp³-hybridized carbons (Fsp3) is 0.607. The molecular formula is C61H85F3N12O3. The van der Waals surface area contributed by atoms with Gasteiger partial charge in [0, 0.05) is 150 Å². The van der Waals surface area contributed by atoms with Crippen molar-refractivity contribution in [2.75, 3.05) is 84.3 Å². The standard InChI is InChI=1S/C61H85F3N12O3/c1-42(9-6-7-27-61(62,63)64)67-59-65-36-53-55(46-15-11-44(12-16-46)37-73-31-28-71(3)29-32-73)40-76(58(53)70-59)49-21-25-51(26-22-49)79-56-41-74(33-30-72(56)4)38-45-13-17-47(18-14-45)54-39-75(48-19-23-50(77)24-20-48)57-52(54)35-66-60(69-57)68-43(2)10-8-34-78-5/h11-18,35-36,39-40,42-43,48-51,56,77H,6-10,19-34,37-38,41H2,1-5H3,(H,65,67,70)(H,66,68,69)/t42-,43+,48?,49?,50?,51?,56?/m1/s1. The van der Waals surface area contributed by atoms with Crippen molar-refractivity contribution in [3.8, 4) is 22.3 Å². The highest BCUT2D eigenvalue weighted by Crippen LogP contribution is 2.40. The molecule has 3 N–H and O–H groups in total. The monoisotopic (exact) mass is 1090 g/mol. The van der Waals surface area contributed by atoms with Crippen molar-refractivity contribution in [2.45, 2.75) is 166 Å². The number of nitrogens with one attached hydrogen (secondary N) is 2. The van der Waals surface area contributed by atoms with Crippen LogP contribution in [0.5, 0.6) is 0 Å². The highest BCUT2D eigenvalue weighted by molar-refractivity contribution is 5.95. The van der Waals surface area contributed by atoms with E-state index in [2.05, 4.69) is 121 Å². The van der Waals surface area contributed by atoms with Crippen LogP contribution in [0.3, 0.4) is 0 Å². The summed E-state index contributed by atoms with van der Waals surface area (Å²) in [5.41, 5.74) is 8.87.